The second-order valence-corrected chi connectivity index (χ2v) is 4.81. The van der Waals surface area contributed by atoms with Crippen LogP contribution in [0.3, 0.4) is 0 Å². The van der Waals surface area contributed by atoms with Crippen LogP contribution in [0, 0.1) is 0 Å². The quantitative estimate of drug-likeness (QED) is 0.710. The molecule has 2 heterocycles. The smallest absolute Gasteiger partial charge is 0.253 e. The normalized spacial score (nSPS) is 12.3. The zero-order valence-electron chi connectivity index (χ0n) is 9.75. The average Bonchev–Trinajstić information content (AvgIpc) is 2.28. The minimum Gasteiger partial charge on any atom is -0.383 e. The number of hydrogen-bond donors (Lipinski definition) is 3. The number of anilines is 1. The highest BCUT2D eigenvalue weighted by molar-refractivity contribution is 7.99. The third kappa shape index (κ3) is 3.08. The van der Waals surface area contributed by atoms with Crippen molar-refractivity contribution in [2.75, 3.05) is 5.73 Å². The van der Waals surface area contributed by atoms with E-state index in [2.05, 4.69) is 15.0 Å². The molecule has 2 rings (SSSR count). The molecule has 7 heteroatoms. The molecule has 0 aliphatic heterocycles. The molecule has 0 saturated heterocycles. The Morgan fingerprint density at radius 2 is 2.22 bits per heavy atom. The second-order valence-electron chi connectivity index (χ2n) is 3.80. The molecular formula is C11H13N5OS. The Hall–Kier alpha value is -1.86. The molecule has 2 aromatic heterocycles. The number of aromatic amines is 1. The zero-order chi connectivity index (χ0) is 13.1. The molecule has 0 amide bonds. The van der Waals surface area contributed by atoms with E-state index < -0.39 is 0 Å². The lowest BCUT2D eigenvalue weighted by molar-refractivity contribution is 0.806. The molecule has 0 bridgehead atoms. The first-order chi connectivity index (χ1) is 8.54. The van der Waals surface area contributed by atoms with Crippen LogP contribution in [-0.4, -0.2) is 15.0 Å². The predicted octanol–water partition coefficient (Wildman–Crippen LogP) is 0.918. The highest BCUT2D eigenvalue weighted by atomic mass is 32.2. The molecule has 0 aliphatic carbocycles. The van der Waals surface area contributed by atoms with Gasteiger partial charge in [0.05, 0.1) is 0 Å². The molecule has 0 radical (unpaired) electrons. The molecule has 6 nitrogen and oxygen atoms in total. The van der Waals surface area contributed by atoms with Crippen molar-refractivity contribution >= 4 is 17.6 Å². The van der Waals surface area contributed by atoms with E-state index in [1.807, 2.05) is 19.1 Å². The Morgan fingerprint density at radius 1 is 1.44 bits per heavy atom. The highest BCUT2D eigenvalue weighted by Gasteiger charge is 2.04. The van der Waals surface area contributed by atoms with Gasteiger partial charge in [-0.05, 0) is 30.3 Å². The van der Waals surface area contributed by atoms with Crippen molar-refractivity contribution in [2.45, 2.75) is 23.1 Å². The molecule has 0 spiro atoms. The van der Waals surface area contributed by atoms with E-state index in [0.29, 0.717) is 10.2 Å². The average molecular weight is 263 g/mol. The lowest BCUT2D eigenvalue weighted by Crippen LogP contribution is -2.09. The van der Waals surface area contributed by atoms with E-state index in [0.717, 1.165) is 5.56 Å². The summed E-state index contributed by atoms with van der Waals surface area (Å²) in [4.78, 5) is 22.0. The van der Waals surface area contributed by atoms with E-state index >= 15 is 0 Å². The van der Waals surface area contributed by atoms with E-state index in [1.54, 1.807) is 6.20 Å². The van der Waals surface area contributed by atoms with E-state index in [-0.39, 0.29) is 17.4 Å². The van der Waals surface area contributed by atoms with Crippen LogP contribution in [-0.2, 0) is 0 Å². The van der Waals surface area contributed by atoms with Gasteiger partial charge in [0.1, 0.15) is 10.8 Å². The number of hydrogen-bond acceptors (Lipinski definition) is 6. The molecule has 94 valence electrons. The first-order valence-electron chi connectivity index (χ1n) is 5.31. The fourth-order valence-corrected chi connectivity index (χ4v) is 2.06. The van der Waals surface area contributed by atoms with Gasteiger partial charge in [-0.3, -0.25) is 4.79 Å². The molecule has 1 unspecified atom stereocenters. The fourth-order valence-electron chi connectivity index (χ4n) is 1.32. The first-order valence-corrected chi connectivity index (χ1v) is 6.12. The summed E-state index contributed by atoms with van der Waals surface area (Å²) < 4.78 is 0. The molecule has 0 aromatic carbocycles. The fraction of sp³-hybridized carbons (Fsp3) is 0.182. The van der Waals surface area contributed by atoms with Crippen molar-refractivity contribution in [3.63, 3.8) is 0 Å². The standard InChI is InChI=1S/C11H13N5OS/c1-6(12)7-2-3-10(14-5-7)18-11-15-8(13)4-9(17)16-11/h2-6H,12H2,1H3,(H3,13,15,16,17). The molecule has 0 saturated carbocycles. The van der Waals surface area contributed by atoms with E-state index in [4.69, 9.17) is 11.5 Å². The number of H-pyrrole nitrogens is 1. The lowest BCUT2D eigenvalue weighted by Gasteiger charge is -2.05. The Kier molecular flexibility index (Phi) is 3.63. The Labute approximate surface area is 108 Å². The number of pyridine rings is 1. The third-order valence-corrected chi connectivity index (χ3v) is 3.06. The van der Waals surface area contributed by atoms with Crippen molar-refractivity contribution in [3.05, 3.63) is 40.3 Å². The summed E-state index contributed by atoms with van der Waals surface area (Å²) in [5.74, 6) is 0.188. The van der Waals surface area contributed by atoms with E-state index in [9.17, 15) is 4.79 Å². The van der Waals surface area contributed by atoms with Crippen LogP contribution in [0.4, 0.5) is 5.82 Å². The van der Waals surface area contributed by atoms with Crippen LogP contribution in [0.25, 0.3) is 0 Å². The Morgan fingerprint density at radius 3 is 2.78 bits per heavy atom. The van der Waals surface area contributed by atoms with Crippen LogP contribution >= 0.6 is 11.8 Å². The van der Waals surface area contributed by atoms with Gasteiger partial charge in [-0.2, -0.15) is 0 Å². The summed E-state index contributed by atoms with van der Waals surface area (Å²) in [5.41, 5.74) is 11.9. The number of nitrogens with two attached hydrogens (primary N) is 2. The van der Waals surface area contributed by atoms with Gasteiger partial charge in [0.15, 0.2) is 5.16 Å². The zero-order valence-corrected chi connectivity index (χ0v) is 10.6. The maximum absolute atomic E-state index is 11.2. The van der Waals surface area contributed by atoms with Gasteiger partial charge in [-0.1, -0.05) is 6.07 Å². The summed E-state index contributed by atoms with van der Waals surface area (Å²) in [7, 11) is 0. The second kappa shape index (κ2) is 5.19. The largest absolute Gasteiger partial charge is 0.383 e. The summed E-state index contributed by atoms with van der Waals surface area (Å²) in [6, 6.07) is 4.90. The first kappa shape index (κ1) is 12.6. The van der Waals surface area contributed by atoms with Crippen molar-refractivity contribution < 1.29 is 0 Å². The van der Waals surface area contributed by atoms with Crippen molar-refractivity contribution in [2.24, 2.45) is 5.73 Å². The van der Waals surface area contributed by atoms with Crippen LogP contribution in [0.5, 0.6) is 0 Å². The molecule has 0 fully saturated rings. The van der Waals surface area contributed by atoms with Gasteiger partial charge in [0.2, 0.25) is 0 Å². The maximum Gasteiger partial charge on any atom is 0.253 e. The Bertz CT molecular complexity index is 593. The van der Waals surface area contributed by atoms with Crippen molar-refractivity contribution in [3.8, 4) is 0 Å². The van der Waals surface area contributed by atoms with Gasteiger partial charge < -0.3 is 16.5 Å². The van der Waals surface area contributed by atoms with Gasteiger partial charge in [0.25, 0.3) is 5.56 Å². The van der Waals surface area contributed by atoms with Crippen LogP contribution in [0.2, 0.25) is 0 Å². The number of nitrogens with zero attached hydrogens (tertiary/aromatic N) is 2. The monoisotopic (exact) mass is 263 g/mol. The van der Waals surface area contributed by atoms with Gasteiger partial charge >= 0.3 is 0 Å². The molecular weight excluding hydrogens is 250 g/mol. The molecule has 0 aliphatic rings. The molecule has 2 aromatic rings. The van der Waals surface area contributed by atoms with Crippen LogP contribution < -0.4 is 17.0 Å². The van der Waals surface area contributed by atoms with Crippen LogP contribution in [0.15, 0.2) is 39.4 Å². The lowest BCUT2D eigenvalue weighted by atomic mass is 10.2. The Balaban J connectivity index is 2.20. The van der Waals surface area contributed by atoms with Gasteiger partial charge in [-0.25, -0.2) is 9.97 Å². The van der Waals surface area contributed by atoms with Gasteiger partial charge in [-0.15, -0.1) is 0 Å². The number of aromatic nitrogens is 3. The van der Waals surface area contributed by atoms with Gasteiger partial charge in [0, 0.05) is 18.3 Å². The van der Waals surface area contributed by atoms with Crippen molar-refractivity contribution in [1.82, 2.24) is 15.0 Å². The van der Waals surface area contributed by atoms with Crippen molar-refractivity contribution in [1.29, 1.82) is 0 Å². The van der Waals surface area contributed by atoms with Crippen LogP contribution in [0.1, 0.15) is 18.5 Å². The topological polar surface area (TPSA) is 111 Å². The summed E-state index contributed by atoms with van der Waals surface area (Å²) >= 11 is 1.24. The molecule has 5 N–H and O–H groups in total. The minimum absolute atomic E-state index is 0.0538. The predicted molar refractivity (Wildman–Crippen MR) is 70.2 cm³/mol. The SMILES string of the molecule is CC(N)c1ccc(Sc2nc(N)cc(=O)[nH]2)nc1. The van der Waals surface area contributed by atoms with E-state index in [1.165, 1.54) is 17.8 Å². The number of nitrogen functional groups attached to an aromatic ring is 1. The summed E-state index contributed by atoms with van der Waals surface area (Å²) in [5, 5.41) is 1.13. The minimum atomic E-state index is -0.280. The highest BCUT2D eigenvalue weighted by Crippen LogP contribution is 2.22. The third-order valence-electron chi connectivity index (χ3n) is 2.23. The number of nitrogens with one attached hydrogen (secondary N) is 1. The maximum atomic E-state index is 11.2. The number of rotatable bonds is 3. The molecule has 18 heavy (non-hydrogen) atoms. The summed E-state index contributed by atoms with van der Waals surface area (Å²) in [6.07, 6.45) is 1.71. The summed E-state index contributed by atoms with van der Waals surface area (Å²) in [6.45, 7) is 1.89. The molecule has 1 atom stereocenters.